The van der Waals surface area contributed by atoms with Crippen LogP contribution in [-0.4, -0.2) is 17.8 Å². The molecule has 0 radical (unpaired) electrons. The van der Waals surface area contributed by atoms with Gasteiger partial charge in [-0.2, -0.15) is 0 Å². The number of allylic oxidation sites excluding steroid dienone is 1. The molecule has 3 rings (SSSR count). The number of carbonyl (C=O) groups excluding carboxylic acids is 3. The molecule has 2 aromatic carbocycles. The van der Waals surface area contributed by atoms with Crippen molar-refractivity contribution in [1.82, 2.24) is 5.32 Å². The second kappa shape index (κ2) is 7.41. The van der Waals surface area contributed by atoms with E-state index in [0.29, 0.717) is 11.3 Å². The first kappa shape index (κ1) is 18.3. The fourth-order valence-electron chi connectivity index (χ4n) is 2.92. The number of barbiturate groups is 1. The molecule has 1 saturated heterocycles. The lowest BCUT2D eigenvalue weighted by molar-refractivity contribution is -0.132. The van der Waals surface area contributed by atoms with Crippen LogP contribution in [0.2, 0.25) is 0 Å². The zero-order valence-corrected chi connectivity index (χ0v) is 14.8. The van der Waals surface area contributed by atoms with Gasteiger partial charge in [-0.15, -0.1) is 0 Å². The molecular formula is C20H18FN3O3. The van der Waals surface area contributed by atoms with Gasteiger partial charge in [-0.25, -0.2) is 14.1 Å². The van der Waals surface area contributed by atoms with Crippen LogP contribution in [0.15, 0.2) is 60.3 Å². The summed E-state index contributed by atoms with van der Waals surface area (Å²) in [4.78, 5) is 38.7. The summed E-state index contributed by atoms with van der Waals surface area (Å²) < 4.78 is 14.0. The lowest BCUT2D eigenvalue weighted by Crippen LogP contribution is -2.59. The number of anilines is 2. The van der Waals surface area contributed by atoms with Crippen molar-refractivity contribution in [3.63, 3.8) is 0 Å². The minimum atomic E-state index is -1.30. The van der Waals surface area contributed by atoms with E-state index in [9.17, 15) is 18.8 Å². The molecule has 4 amide bonds. The molecule has 0 bridgehead atoms. The van der Waals surface area contributed by atoms with Gasteiger partial charge >= 0.3 is 6.03 Å². The summed E-state index contributed by atoms with van der Waals surface area (Å²) in [6, 6.07) is 12.0. The highest BCUT2D eigenvalue weighted by molar-refractivity contribution is 6.29. The Kier molecular flexibility index (Phi) is 5.03. The van der Waals surface area contributed by atoms with E-state index in [1.54, 1.807) is 44.2 Å². The number of aryl methyl sites for hydroxylation is 1. The van der Waals surface area contributed by atoms with Gasteiger partial charge in [-0.05, 0) is 37.6 Å². The number of amides is 4. The molecule has 1 fully saturated rings. The number of nitrogens with zero attached hydrogens (tertiary/aromatic N) is 1. The Balaban J connectivity index is 1.97. The van der Waals surface area contributed by atoms with Gasteiger partial charge < -0.3 is 5.32 Å². The van der Waals surface area contributed by atoms with Crippen LogP contribution in [0.1, 0.15) is 12.5 Å². The number of carbonyl (C=O) groups is 3. The molecule has 7 heteroatoms. The Labute approximate surface area is 155 Å². The average Bonchev–Trinajstić information content (AvgIpc) is 2.63. The van der Waals surface area contributed by atoms with Crippen LogP contribution >= 0.6 is 0 Å². The molecule has 1 heterocycles. The number of halogens is 1. The molecule has 0 aliphatic carbocycles. The third-order valence-corrected chi connectivity index (χ3v) is 4.29. The van der Waals surface area contributed by atoms with Crippen LogP contribution in [0.4, 0.5) is 20.6 Å². The van der Waals surface area contributed by atoms with Gasteiger partial charge in [0, 0.05) is 5.70 Å². The van der Waals surface area contributed by atoms with E-state index >= 15 is 0 Å². The van der Waals surface area contributed by atoms with Crippen molar-refractivity contribution < 1.29 is 18.8 Å². The smallest absolute Gasteiger partial charge is 0.335 e. The van der Waals surface area contributed by atoms with Crippen LogP contribution in [-0.2, 0) is 9.59 Å². The molecule has 1 atom stereocenters. The molecule has 2 N–H and O–H groups in total. The molecule has 0 spiro atoms. The summed E-state index contributed by atoms with van der Waals surface area (Å²) in [5.74, 6) is -3.28. The van der Waals surface area contributed by atoms with Crippen LogP contribution in [0, 0.1) is 18.7 Å². The molecule has 6 nitrogen and oxygen atoms in total. The summed E-state index contributed by atoms with van der Waals surface area (Å²) in [5, 5.41) is 5.00. The average molecular weight is 367 g/mol. The monoisotopic (exact) mass is 367 g/mol. The van der Waals surface area contributed by atoms with E-state index < -0.39 is 29.6 Å². The number of urea groups is 1. The van der Waals surface area contributed by atoms with E-state index in [1.165, 1.54) is 24.3 Å². The maximum atomic E-state index is 14.0. The first-order valence-corrected chi connectivity index (χ1v) is 8.36. The van der Waals surface area contributed by atoms with Crippen molar-refractivity contribution in [3.05, 3.63) is 71.7 Å². The van der Waals surface area contributed by atoms with Crippen molar-refractivity contribution in [2.45, 2.75) is 13.8 Å². The normalized spacial score (nSPS) is 17.7. The predicted molar refractivity (Wildman–Crippen MR) is 99.5 cm³/mol. The number of benzene rings is 2. The minimum absolute atomic E-state index is 0.130. The van der Waals surface area contributed by atoms with Gasteiger partial charge in [0.05, 0.1) is 11.4 Å². The SMILES string of the molecule is C/C=C(/Nc1ccccc1F)[C@@H]1C(=O)NC(=O)N(c2ccccc2C)C1=O. The molecule has 0 unspecified atom stereocenters. The van der Waals surface area contributed by atoms with Crippen molar-refractivity contribution in [1.29, 1.82) is 0 Å². The highest BCUT2D eigenvalue weighted by Crippen LogP contribution is 2.28. The van der Waals surface area contributed by atoms with Crippen molar-refractivity contribution in [2.75, 3.05) is 10.2 Å². The maximum absolute atomic E-state index is 14.0. The Hall–Kier alpha value is -3.48. The standard InChI is InChI=1S/C20H18FN3O3/c1-3-14(22-15-10-6-5-9-13(15)21)17-18(25)23-20(27)24(19(17)26)16-11-7-4-8-12(16)2/h3-11,17,22H,1-2H3,(H,23,25,27)/b14-3+/t17-/m1/s1. The largest absolute Gasteiger partial charge is 0.356 e. The van der Waals surface area contributed by atoms with Crippen LogP contribution in [0.25, 0.3) is 0 Å². The molecule has 2 aromatic rings. The Morgan fingerprint density at radius 2 is 1.78 bits per heavy atom. The third kappa shape index (κ3) is 3.44. The number of para-hydroxylation sites is 2. The first-order valence-electron chi connectivity index (χ1n) is 8.36. The van der Waals surface area contributed by atoms with Gasteiger partial charge in [0.15, 0.2) is 5.92 Å². The molecule has 138 valence electrons. The predicted octanol–water partition coefficient (Wildman–Crippen LogP) is 3.35. The minimum Gasteiger partial charge on any atom is -0.356 e. The quantitative estimate of drug-likeness (QED) is 0.813. The van der Waals surface area contributed by atoms with Crippen LogP contribution in [0.3, 0.4) is 0 Å². The fourth-order valence-corrected chi connectivity index (χ4v) is 2.92. The van der Waals surface area contributed by atoms with Crippen LogP contribution < -0.4 is 15.5 Å². The number of hydrogen-bond donors (Lipinski definition) is 2. The van der Waals surface area contributed by atoms with Gasteiger partial charge in [0.2, 0.25) is 5.91 Å². The lowest BCUT2D eigenvalue weighted by Gasteiger charge is -2.32. The zero-order chi connectivity index (χ0) is 19.6. The highest BCUT2D eigenvalue weighted by atomic mass is 19.1. The maximum Gasteiger partial charge on any atom is 0.335 e. The topological polar surface area (TPSA) is 78.5 Å². The zero-order valence-electron chi connectivity index (χ0n) is 14.8. The van der Waals surface area contributed by atoms with Gasteiger partial charge in [0.25, 0.3) is 5.91 Å². The van der Waals surface area contributed by atoms with Crippen molar-refractivity contribution >= 4 is 29.2 Å². The number of imide groups is 2. The summed E-state index contributed by atoms with van der Waals surface area (Å²) in [7, 11) is 0. The van der Waals surface area contributed by atoms with E-state index in [0.717, 1.165) is 4.90 Å². The molecule has 0 aromatic heterocycles. The van der Waals surface area contributed by atoms with E-state index in [1.807, 2.05) is 0 Å². The second-order valence-electron chi connectivity index (χ2n) is 6.04. The summed E-state index contributed by atoms with van der Waals surface area (Å²) in [5.41, 5.74) is 1.41. The van der Waals surface area contributed by atoms with E-state index in [-0.39, 0.29) is 11.4 Å². The Bertz CT molecular complexity index is 955. The molecular weight excluding hydrogens is 349 g/mol. The molecule has 1 aliphatic heterocycles. The highest BCUT2D eigenvalue weighted by Gasteiger charge is 2.43. The fraction of sp³-hybridized carbons (Fsp3) is 0.150. The third-order valence-electron chi connectivity index (χ3n) is 4.29. The van der Waals surface area contributed by atoms with Gasteiger partial charge in [-0.1, -0.05) is 36.4 Å². The van der Waals surface area contributed by atoms with Gasteiger partial charge in [0.1, 0.15) is 5.82 Å². The van der Waals surface area contributed by atoms with Gasteiger partial charge in [-0.3, -0.25) is 14.9 Å². The molecule has 0 saturated carbocycles. The van der Waals surface area contributed by atoms with E-state index in [4.69, 9.17) is 0 Å². The Morgan fingerprint density at radius 1 is 1.11 bits per heavy atom. The summed E-state index contributed by atoms with van der Waals surface area (Å²) in [6.07, 6.45) is 1.51. The lowest BCUT2D eigenvalue weighted by atomic mass is 9.98. The van der Waals surface area contributed by atoms with Crippen molar-refractivity contribution in [3.8, 4) is 0 Å². The second-order valence-corrected chi connectivity index (χ2v) is 6.04. The van der Waals surface area contributed by atoms with E-state index in [2.05, 4.69) is 10.6 Å². The first-order chi connectivity index (χ1) is 12.9. The number of nitrogens with one attached hydrogen (secondary N) is 2. The summed E-state index contributed by atoms with van der Waals surface area (Å²) >= 11 is 0. The number of hydrogen-bond acceptors (Lipinski definition) is 4. The Morgan fingerprint density at radius 3 is 2.44 bits per heavy atom. The summed E-state index contributed by atoms with van der Waals surface area (Å²) in [6.45, 7) is 3.38. The van der Waals surface area contributed by atoms with Crippen LogP contribution in [0.5, 0.6) is 0 Å². The molecule has 1 aliphatic rings. The van der Waals surface area contributed by atoms with Crippen molar-refractivity contribution in [2.24, 2.45) is 5.92 Å². The molecule has 27 heavy (non-hydrogen) atoms. The number of rotatable bonds is 4.